The van der Waals surface area contributed by atoms with Gasteiger partial charge in [-0.25, -0.2) is 8.42 Å². The number of thiophene rings is 1. The fourth-order valence-corrected chi connectivity index (χ4v) is 4.56. The molecule has 0 aliphatic carbocycles. The first-order chi connectivity index (χ1) is 8.43. The van der Waals surface area contributed by atoms with Gasteiger partial charge in [0.25, 0.3) is 10.0 Å². The van der Waals surface area contributed by atoms with Gasteiger partial charge < -0.3 is 10.2 Å². The number of carboxylic acid groups (broad SMARTS) is 1. The van der Waals surface area contributed by atoms with E-state index in [4.69, 9.17) is 5.11 Å². The molecule has 1 aromatic rings. The van der Waals surface area contributed by atoms with Crippen LogP contribution in [0, 0.1) is 5.92 Å². The van der Waals surface area contributed by atoms with E-state index in [9.17, 15) is 18.3 Å². The molecule has 1 saturated heterocycles. The fraction of sp³-hybridized carbons (Fsp3) is 0.500. The summed E-state index contributed by atoms with van der Waals surface area (Å²) in [5.74, 6) is -1.98. The summed E-state index contributed by atoms with van der Waals surface area (Å²) in [7, 11) is -3.60. The third-order valence-corrected chi connectivity index (χ3v) is 6.19. The van der Waals surface area contributed by atoms with Gasteiger partial charge in [-0.3, -0.25) is 4.79 Å². The Morgan fingerprint density at radius 2 is 2.22 bits per heavy atom. The summed E-state index contributed by atoms with van der Waals surface area (Å²) < 4.78 is 25.6. The first-order valence-electron chi connectivity index (χ1n) is 5.37. The van der Waals surface area contributed by atoms with E-state index in [1.54, 1.807) is 11.4 Å². The Labute approximate surface area is 109 Å². The quantitative estimate of drug-likeness (QED) is 0.830. The SMILES string of the molecule is O=C(O)[C@H]1CCN(S(=O)(=O)c2cccs2)C[C@H]1O. The second kappa shape index (κ2) is 4.96. The molecule has 1 fully saturated rings. The molecule has 2 N–H and O–H groups in total. The number of sulfonamides is 1. The molecular formula is C10H13NO5S2. The molecule has 18 heavy (non-hydrogen) atoms. The van der Waals surface area contributed by atoms with Crippen molar-refractivity contribution in [2.24, 2.45) is 5.92 Å². The number of aliphatic hydroxyl groups excluding tert-OH is 1. The van der Waals surface area contributed by atoms with Crippen LogP contribution >= 0.6 is 11.3 Å². The van der Waals surface area contributed by atoms with Gasteiger partial charge in [0, 0.05) is 13.1 Å². The summed E-state index contributed by atoms with van der Waals surface area (Å²) in [6.45, 7) is -0.0501. The van der Waals surface area contributed by atoms with Crippen molar-refractivity contribution in [1.29, 1.82) is 0 Å². The smallest absolute Gasteiger partial charge is 0.309 e. The molecule has 1 aliphatic heterocycles. The molecule has 6 nitrogen and oxygen atoms in total. The number of β-amino-alcohol motifs (C(OH)–C–C–N with tert-alkyl or cyclic N) is 1. The maximum Gasteiger partial charge on any atom is 0.309 e. The van der Waals surface area contributed by atoms with Crippen LogP contribution in [0.2, 0.25) is 0 Å². The summed E-state index contributed by atoms with van der Waals surface area (Å²) in [5.41, 5.74) is 0. The van der Waals surface area contributed by atoms with Crippen molar-refractivity contribution in [2.75, 3.05) is 13.1 Å². The Hall–Kier alpha value is -0.960. The van der Waals surface area contributed by atoms with Gasteiger partial charge in [0.2, 0.25) is 0 Å². The van der Waals surface area contributed by atoms with E-state index in [1.807, 2.05) is 0 Å². The summed E-state index contributed by atoms with van der Waals surface area (Å²) in [6.07, 6.45) is -1.04. The van der Waals surface area contributed by atoms with Crippen molar-refractivity contribution in [3.63, 3.8) is 0 Å². The van der Waals surface area contributed by atoms with Gasteiger partial charge >= 0.3 is 5.97 Å². The molecule has 0 bridgehead atoms. The summed E-state index contributed by atoms with van der Waals surface area (Å²) in [6, 6.07) is 3.13. The highest BCUT2D eigenvalue weighted by Crippen LogP contribution is 2.26. The zero-order valence-corrected chi connectivity index (χ0v) is 11.0. The molecule has 2 heterocycles. The van der Waals surface area contributed by atoms with E-state index in [1.165, 1.54) is 6.07 Å². The minimum atomic E-state index is -3.60. The largest absolute Gasteiger partial charge is 0.481 e. The summed E-state index contributed by atoms with van der Waals surface area (Å²) >= 11 is 1.10. The minimum Gasteiger partial charge on any atom is -0.481 e. The summed E-state index contributed by atoms with van der Waals surface area (Å²) in [5, 5.41) is 20.2. The Morgan fingerprint density at radius 3 is 2.72 bits per heavy atom. The van der Waals surface area contributed by atoms with E-state index in [0.29, 0.717) is 0 Å². The highest BCUT2D eigenvalue weighted by atomic mass is 32.2. The van der Waals surface area contributed by atoms with E-state index < -0.39 is 28.0 Å². The zero-order chi connectivity index (χ0) is 13.3. The van der Waals surface area contributed by atoms with Crippen LogP contribution in [0.3, 0.4) is 0 Å². The maximum absolute atomic E-state index is 12.1. The highest BCUT2D eigenvalue weighted by molar-refractivity contribution is 7.91. The predicted octanol–water partition coefficient (Wildman–Crippen LogP) is 0.204. The van der Waals surface area contributed by atoms with Crippen molar-refractivity contribution < 1.29 is 23.4 Å². The zero-order valence-electron chi connectivity index (χ0n) is 9.39. The van der Waals surface area contributed by atoms with E-state index in [2.05, 4.69) is 0 Å². The standard InChI is InChI=1S/C10H13NO5S2/c12-8-6-11(4-3-7(8)10(13)14)18(15,16)9-2-1-5-17-9/h1-2,5,7-8,12H,3-4,6H2,(H,13,14)/t7-,8+/m0/s1. The Morgan fingerprint density at radius 1 is 1.50 bits per heavy atom. The number of hydrogen-bond acceptors (Lipinski definition) is 5. The first-order valence-corrected chi connectivity index (χ1v) is 7.69. The van der Waals surface area contributed by atoms with Crippen LogP contribution in [0.5, 0.6) is 0 Å². The van der Waals surface area contributed by atoms with Gasteiger partial charge in [0.15, 0.2) is 0 Å². The van der Waals surface area contributed by atoms with Crippen molar-refractivity contribution >= 4 is 27.3 Å². The molecule has 1 aliphatic rings. The van der Waals surface area contributed by atoms with Gasteiger partial charge in [-0.1, -0.05) is 6.07 Å². The van der Waals surface area contributed by atoms with Gasteiger partial charge in [-0.15, -0.1) is 11.3 Å². The van der Waals surface area contributed by atoms with Crippen LogP contribution in [0.1, 0.15) is 6.42 Å². The normalized spacial score (nSPS) is 26.1. The number of carboxylic acids is 1. The van der Waals surface area contributed by atoms with Crippen molar-refractivity contribution in [1.82, 2.24) is 4.31 Å². The number of aliphatic hydroxyl groups is 1. The number of nitrogens with zero attached hydrogens (tertiary/aromatic N) is 1. The van der Waals surface area contributed by atoms with Crippen molar-refractivity contribution in [3.8, 4) is 0 Å². The lowest BCUT2D eigenvalue weighted by Gasteiger charge is -2.32. The Balaban J connectivity index is 2.16. The van der Waals surface area contributed by atoms with Crippen LogP contribution in [-0.4, -0.2) is 48.1 Å². The number of rotatable bonds is 3. The van der Waals surface area contributed by atoms with Gasteiger partial charge in [0.1, 0.15) is 4.21 Å². The average molecular weight is 291 g/mol. The lowest BCUT2D eigenvalue weighted by molar-refractivity contribution is -0.147. The Kier molecular flexibility index (Phi) is 3.71. The van der Waals surface area contributed by atoms with Crippen molar-refractivity contribution in [3.05, 3.63) is 17.5 Å². The molecular weight excluding hydrogens is 278 g/mol. The number of carbonyl (C=O) groups is 1. The fourth-order valence-electron chi connectivity index (χ4n) is 1.95. The molecule has 0 unspecified atom stereocenters. The maximum atomic E-state index is 12.1. The second-order valence-corrected chi connectivity index (χ2v) is 7.21. The summed E-state index contributed by atoms with van der Waals surface area (Å²) in [4.78, 5) is 10.8. The van der Waals surface area contributed by atoms with Crippen LogP contribution in [0.15, 0.2) is 21.7 Å². The highest BCUT2D eigenvalue weighted by Gasteiger charge is 2.38. The molecule has 2 atom stereocenters. The number of aliphatic carboxylic acids is 1. The molecule has 0 saturated carbocycles. The predicted molar refractivity (Wildman–Crippen MR) is 64.8 cm³/mol. The molecule has 100 valence electrons. The van der Waals surface area contributed by atoms with Crippen LogP contribution in [-0.2, 0) is 14.8 Å². The minimum absolute atomic E-state index is 0.119. The first kappa shape index (κ1) is 13.5. The molecule has 2 rings (SSSR count). The topological polar surface area (TPSA) is 94.9 Å². The van der Waals surface area contributed by atoms with Crippen LogP contribution in [0.4, 0.5) is 0 Å². The van der Waals surface area contributed by atoms with Crippen molar-refractivity contribution in [2.45, 2.75) is 16.7 Å². The van der Waals surface area contributed by atoms with Crippen LogP contribution < -0.4 is 0 Å². The lowest BCUT2D eigenvalue weighted by Crippen LogP contribution is -2.48. The third kappa shape index (κ3) is 2.41. The number of hydrogen-bond donors (Lipinski definition) is 2. The molecule has 8 heteroatoms. The Bertz CT molecular complexity index is 524. The molecule has 0 amide bonds. The van der Waals surface area contributed by atoms with Crippen LogP contribution in [0.25, 0.3) is 0 Å². The van der Waals surface area contributed by atoms with Gasteiger partial charge in [-0.2, -0.15) is 4.31 Å². The molecule has 0 radical (unpaired) electrons. The van der Waals surface area contributed by atoms with E-state index in [-0.39, 0.29) is 23.7 Å². The molecule has 0 aromatic carbocycles. The monoisotopic (exact) mass is 291 g/mol. The van der Waals surface area contributed by atoms with E-state index >= 15 is 0 Å². The van der Waals surface area contributed by atoms with E-state index in [0.717, 1.165) is 15.6 Å². The molecule has 1 aromatic heterocycles. The third-order valence-electron chi connectivity index (χ3n) is 2.95. The van der Waals surface area contributed by atoms with Gasteiger partial charge in [0.05, 0.1) is 12.0 Å². The average Bonchev–Trinajstić information content (AvgIpc) is 2.82. The lowest BCUT2D eigenvalue weighted by atomic mass is 9.95. The van der Waals surface area contributed by atoms with Gasteiger partial charge in [-0.05, 0) is 17.9 Å². The second-order valence-electron chi connectivity index (χ2n) is 4.10. The molecule has 0 spiro atoms. The number of piperidine rings is 1.